The van der Waals surface area contributed by atoms with Gasteiger partial charge in [0, 0.05) is 30.8 Å². The van der Waals surface area contributed by atoms with Crippen LogP contribution in [0, 0.1) is 11.2 Å². The number of alkyl halides is 6. The Labute approximate surface area is 226 Å². The van der Waals surface area contributed by atoms with Crippen molar-refractivity contribution in [3.63, 3.8) is 0 Å². The molecule has 5 atom stereocenters. The summed E-state index contributed by atoms with van der Waals surface area (Å²) in [6.45, 7) is 5.97. The molecule has 12 heteroatoms. The molecule has 218 valence electrons. The predicted molar refractivity (Wildman–Crippen MR) is 128 cm³/mol. The maximum Gasteiger partial charge on any atom is 0.416 e. The minimum atomic E-state index is -5.02. The minimum Gasteiger partial charge on any atom is -0.452 e. The van der Waals surface area contributed by atoms with Crippen molar-refractivity contribution in [1.82, 2.24) is 4.90 Å². The lowest BCUT2D eigenvalue weighted by atomic mass is 9.72. The molecule has 0 spiro atoms. The monoisotopic (exact) mass is 575 g/mol. The van der Waals surface area contributed by atoms with Gasteiger partial charge in [-0.25, -0.2) is 4.39 Å². The maximum atomic E-state index is 13.7. The first-order valence-electron chi connectivity index (χ1n) is 12.6. The van der Waals surface area contributed by atoms with E-state index in [0.717, 1.165) is 0 Å². The number of hydrogen-bond donors (Lipinski definition) is 0. The van der Waals surface area contributed by atoms with E-state index >= 15 is 0 Å². The number of amides is 1. The van der Waals surface area contributed by atoms with Crippen molar-refractivity contribution in [1.29, 1.82) is 0 Å². The van der Waals surface area contributed by atoms with Gasteiger partial charge in [-0.15, -0.1) is 0 Å². The molecule has 0 saturated carbocycles. The third-order valence-corrected chi connectivity index (χ3v) is 7.54. The molecule has 1 amide bonds. The van der Waals surface area contributed by atoms with E-state index in [1.807, 2.05) is 0 Å². The van der Waals surface area contributed by atoms with Crippen LogP contribution in [0.5, 0.6) is 0 Å². The van der Waals surface area contributed by atoms with Gasteiger partial charge in [0.1, 0.15) is 5.82 Å². The maximum absolute atomic E-state index is 13.7. The molecule has 2 aliphatic rings. The molecule has 40 heavy (non-hydrogen) atoms. The number of rotatable bonds is 5. The molecule has 5 nitrogen and oxygen atoms in total. The third-order valence-electron chi connectivity index (χ3n) is 7.54. The summed E-state index contributed by atoms with van der Waals surface area (Å²) in [4.78, 5) is 26.7. The van der Waals surface area contributed by atoms with E-state index in [9.17, 15) is 40.3 Å². The van der Waals surface area contributed by atoms with Crippen LogP contribution in [0.25, 0.3) is 0 Å². The van der Waals surface area contributed by atoms with Crippen LogP contribution < -0.4 is 0 Å². The second-order valence-corrected chi connectivity index (χ2v) is 11.0. The van der Waals surface area contributed by atoms with E-state index in [4.69, 9.17) is 9.47 Å². The number of carbonyl (C=O) groups is 2. The Hall–Kier alpha value is -3.15. The van der Waals surface area contributed by atoms with E-state index in [1.165, 1.54) is 43.0 Å². The van der Waals surface area contributed by atoms with E-state index in [0.29, 0.717) is 24.1 Å². The quantitative estimate of drug-likeness (QED) is 0.296. The number of esters is 1. The fourth-order valence-electron chi connectivity index (χ4n) is 5.69. The number of hydrogen-bond acceptors (Lipinski definition) is 4. The van der Waals surface area contributed by atoms with Crippen molar-refractivity contribution in [2.24, 2.45) is 5.41 Å². The summed E-state index contributed by atoms with van der Waals surface area (Å²) in [6, 6.07) is 6.21. The van der Waals surface area contributed by atoms with Crippen LogP contribution in [0.4, 0.5) is 30.7 Å². The van der Waals surface area contributed by atoms with Gasteiger partial charge in [0.25, 0.3) is 5.91 Å². The topological polar surface area (TPSA) is 55.8 Å². The summed E-state index contributed by atoms with van der Waals surface area (Å²) in [5, 5.41) is 0. The van der Waals surface area contributed by atoms with E-state index < -0.39 is 76.9 Å². The van der Waals surface area contributed by atoms with Gasteiger partial charge in [0.05, 0.1) is 23.3 Å². The van der Waals surface area contributed by atoms with Crippen molar-refractivity contribution in [3.05, 3.63) is 70.5 Å². The summed E-state index contributed by atoms with van der Waals surface area (Å²) in [7, 11) is 0. The predicted octanol–water partition coefficient (Wildman–Crippen LogP) is 6.67. The van der Waals surface area contributed by atoms with Gasteiger partial charge in [0.15, 0.2) is 6.10 Å². The highest BCUT2D eigenvalue weighted by Gasteiger charge is 2.56. The molecule has 2 aromatic rings. The molecule has 0 bridgehead atoms. The van der Waals surface area contributed by atoms with Gasteiger partial charge < -0.3 is 14.4 Å². The largest absolute Gasteiger partial charge is 0.452 e. The molecule has 4 rings (SSSR count). The van der Waals surface area contributed by atoms with Crippen LogP contribution in [0.2, 0.25) is 0 Å². The zero-order valence-electron chi connectivity index (χ0n) is 22.1. The van der Waals surface area contributed by atoms with Crippen LogP contribution in [-0.4, -0.2) is 41.6 Å². The molecular formula is C28H28F7NO4. The Kier molecular flexibility index (Phi) is 7.72. The number of ether oxygens (including phenoxy) is 2. The van der Waals surface area contributed by atoms with E-state index in [2.05, 4.69) is 0 Å². The number of nitrogens with zero attached hydrogens (tertiary/aromatic N) is 1. The lowest BCUT2D eigenvalue weighted by Gasteiger charge is -2.45. The zero-order chi connectivity index (χ0) is 29.8. The molecule has 2 fully saturated rings. The number of halogens is 7. The first-order valence-corrected chi connectivity index (χ1v) is 12.6. The van der Waals surface area contributed by atoms with Crippen LogP contribution in [0.1, 0.15) is 68.4 Å². The highest BCUT2D eigenvalue weighted by atomic mass is 19.4. The summed E-state index contributed by atoms with van der Waals surface area (Å²) >= 11 is 0. The minimum absolute atomic E-state index is 0.0449. The van der Waals surface area contributed by atoms with Crippen molar-refractivity contribution < 1.29 is 49.8 Å². The van der Waals surface area contributed by atoms with Crippen LogP contribution in [0.3, 0.4) is 0 Å². The fraction of sp³-hybridized carbons (Fsp3) is 0.500. The molecule has 2 aromatic carbocycles. The van der Waals surface area contributed by atoms with Gasteiger partial charge in [-0.3, -0.25) is 9.59 Å². The normalized spacial score (nSPS) is 25.5. The number of carbonyl (C=O) groups excluding carboxylic acids is 2. The number of piperidine rings is 1. The smallest absolute Gasteiger partial charge is 0.416 e. The summed E-state index contributed by atoms with van der Waals surface area (Å²) in [6.07, 6.45) is -12.9. The third kappa shape index (κ3) is 5.96. The molecule has 2 aliphatic heterocycles. The Morgan fingerprint density at radius 2 is 1.55 bits per heavy atom. The van der Waals surface area contributed by atoms with E-state index in [1.54, 1.807) is 13.8 Å². The summed E-state index contributed by atoms with van der Waals surface area (Å²) in [5.74, 6) is -2.23. The van der Waals surface area contributed by atoms with Gasteiger partial charge in [-0.2, -0.15) is 26.3 Å². The van der Waals surface area contributed by atoms with Crippen molar-refractivity contribution in [3.8, 4) is 0 Å². The molecule has 3 unspecified atom stereocenters. The van der Waals surface area contributed by atoms with Gasteiger partial charge in [-0.1, -0.05) is 26.0 Å². The molecular weight excluding hydrogens is 547 g/mol. The number of fused-ring (bicyclic) bond motifs is 1. The van der Waals surface area contributed by atoms with Gasteiger partial charge in [0.2, 0.25) is 0 Å². The molecule has 0 N–H and O–H groups in total. The lowest BCUT2D eigenvalue weighted by Crippen LogP contribution is -2.57. The van der Waals surface area contributed by atoms with Gasteiger partial charge in [-0.05, 0) is 54.8 Å². The standard InChI is InChI=1S/C28H28F7NO4/c1-14(17-9-18(27(30,31)32)11-19(10-17)28(33,34)35)39-22-13-36-21(23(22)16-5-7-20(29)8-6-16)12-26(3,4)24(25(36)38)40-15(2)37/h5-11,14,21-24H,12-13H2,1-4H3/t14-,21?,22+,23?,24?/m1/s1. The van der Waals surface area contributed by atoms with Gasteiger partial charge >= 0.3 is 18.3 Å². The van der Waals surface area contributed by atoms with Crippen molar-refractivity contribution in [2.75, 3.05) is 6.54 Å². The lowest BCUT2D eigenvalue weighted by molar-refractivity contribution is -0.174. The average Bonchev–Trinajstić information content (AvgIpc) is 3.17. The summed E-state index contributed by atoms with van der Waals surface area (Å²) in [5.41, 5.74) is -3.48. The molecule has 0 aliphatic carbocycles. The van der Waals surface area contributed by atoms with Crippen LogP contribution in [-0.2, 0) is 31.4 Å². The van der Waals surface area contributed by atoms with E-state index in [-0.39, 0.29) is 18.2 Å². The Bertz CT molecular complexity index is 1240. The fourth-order valence-corrected chi connectivity index (χ4v) is 5.69. The second kappa shape index (κ2) is 10.4. The first kappa shape index (κ1) is 29.8. The zero-order valence-corrected chi connectivity index (χ0v) is 22.1. The summed E-state index contributed by atoms with van der Waals surface area (Å²) < 4.78 is 106. The molecule has 2 heterocycles. The van der Waals surface area contributed by atoms with Crippen LogP contribution >= 0.6 is 0 Å². The molecule has 2 saturated heterocycles. The Morgan fingerprint density at radius 3 is 2.05 bits per heavy atom. The SMILES string of the molecule is CC(=O)OC1C(=O)N2C[C@H](O[C@H](C)c3cc(C(F)(F)F)cc(C(F)(F)F)c3)C(c3ccc(F)cc3)C2CC1(C)C. The Balaban J connectivity index is 1.72. The molecule has 0 aromatic heterocycles. The Morgan fingerprint density at radius 1 is 1.00 bits per heavy atom. The van der Waals surface area contributed by atoms with Crippen molar-refractivity contribution >= 4 is 11.9 Å². The average molecular weight is 576 g/mol. The highest BCUT2D eigenvalue weighted by Crippen LogP contribution is 2.48. The number of benzene rings is 2. The van der Waals surface area contributed by atoms with Crippen molar-refractivity contribution in [2.45, 2.75) is 76.7 Å². The first-order chi connectivity index (χ1) is 18.4. The van der Waals surface area contributed by atoms with Crippen LogP contribution in [0.15, 0.2) is 42.5 Å². The second-order valence-electron chi connectivity index (χ2n) is 11.0. The highest BCUT2D eigenvalue weighted by molar-refractivity contribution is 5.86. The molecule has 0 radical (unpaired) electrons.